The van der Waals surface area contributed by atoms with Crippen molar-refractivity contribution in [1.82, 2.24) is 15.5 Å². The number of alkyl halides is 1. The predicted octanol–water partition coefficient (Wildman–Crippen LogP) is 1.02. The molecule has 116 valence electrons. The van der Waals surface area contributed by atoms with Crippen LogP contribution in [0.25, 0.3) is 0 Å². The van der Waals surface area contributed by atoms with Crippen molar-refractivity contribution in [3.63, 3.8) is 0 Å². The van der Waals surface area contributed by atoms with E-state index >= 15 is 0 Å². The number of halogens is 1. The number of hydrogen-bond acceptors (Lipinski definition) is 3. The van der Waals surface area contributed by atoms with Crippen LogP contribution in [0.15, 0.2) is 0 Å². The highest BCUT2D eigenvalue weighted by molar-refractivity contribution is 5.74. The Hall–Kier alpha value is -0.880. The van der Waals surface area contributed by atoms with Crippen LogP contribution in [0, 0.1) is 0 Å². The van der Waals surface area contributed by atoms with Gasteiger partial charge >= 0.3 is 6.03 Å². The van der Waals surface area contributed by atoms with Crippen molar-refractivity contribution in [2.24, 2.45) is 0 Å². The molecule has 1 saturated heterocycles. The molecular formula is C14H26FN3O2. The van der Waals surface area contributed by atoms with Gasteiger partial charge in [-0.2, -0.15) is 0 Å². The normalized spacial score (nSPS) is 29.1. The van der Waals surface area contributed by atoms with Gasteiger partial charge in [-0.05, 0) is 25.7 Å². The Labute approximate surface area is 119 Å². The fourth-order valence-corrected chi connectivity index (χ4v) is 3.29. The van der Waals surface area contributed by atoms with Gasteiger partial charge in [0, 0.05) is 31.7 Å². The smallest absolute Gasteiger partial charge is 0.315 e. The Bertz CT molecular complexity index is 309. The molecule has 0 aromatic heterocycles. The predicted molar refractivity (Wildman–Crippen MR) is 75.4 cm³/mol. The van der Waals surface area contributed by atoms with E-state index in [1.807, 2.05) is 0 Å². The summed E-state index contributed by atoms with van der Waals surface area (Å²) in [6.45, 7) is 1.36. The molecule has 2 atom stereocenters. The van der Waals surface area contributed by atoms with E-state index in [-0.39, 0.29) is 24.7 Å². The number of carbonyl (C=O) groups excluding carboxylic acids is 1. The minimum atomic E-state index is -0.536. The average Bonchev–Trinajstić information content (AvgIpc) is 2.47. The lowest BCUT2D eigenvalue weighted by molar-refractivity contribution is 0.00777. The lowest BCUT2D eigenvalue weighted by Crippen LogP contribution is -2.53. The molecule has 2 aliphatic rings. The summed E-state index contributed by atoms with van der Waals surface area (Å²) in [5.74, 6) is 0. The molecule has 0 spiro atoms. The Morgan fingerprint density at radius 2 is 1.90 bits per heavy atom. The van der Waals surface area contributed by atoms with Crippen LogP contribution in [-0.2, 0) is 0 Å². The fraction of sp³-hybridized carbons (Fsp3) is 0.929. The summed E-state index contributed by atoms with van der Waals surface area (Å²) in [5.41, 5.74) is 0. The van der Waals surface area contributed by atoms with Crippen LogP contribution < -0.4 is 10.6 Å². The van der Waals surface area contributed by atoms with Crippen LogP contribution in [0.4, 0.5) is 9.18 Å². The highest BCUT2D eigenvalue weighted by Gasteiger charge is 2.31. The third kappa shape index (κ3) is 4.31. The van der Waals surface area contributed by atoms with Crippen molar-refractivity contribution in [2.45, 2.75) is 56.7 Å². The summed E-state index contributed by atoms with van der Waals surface area (Å²) in [5, 5.41) is 15.4. The van der Waals surface area contributed by atoms with Crippen molar-refractivity contribution in [3.8, 4) is 0 Å². The van der Waals surface area contributed by atoms with E-state index in [1.165, 1.54) is 6.42 Å². The van der Waals surface area contributed by atoms with Crippen molar-refractivity contribution in [1.29, 1.82) is 0 Å². The number of hydrogen-bond donors (Lipinski definition) is 3. The Morgan fingerprint density at radius 3 is 2.55 bits per heavy atom. The van der Waals surface area contributed by atoms with E-state index in [2.05, 4.69) is 15.5 Å². The molecule has 1 aliphatic carbocycles. The van der Waals surface area contributed by atoms with Crippen molar-refractivity contribution in [3.05, 3.63) is 0 Å². The molecule has 2 amide bonds. The third-order valence-corrected chi connectivity index (χ3v) is 4.41. The number of urea groups is 1. The maximum atomic E-state index is 12.0. The third-order valence-electron chi connectivity index (χ3n) is 4.41. The van der Waals surface area contributed by atoms with Gasteiger partial charge in [-0.25, -0.2) is 9.18 Å². The van der Waals surface area contributed by atoms with Crippen LogP contribution in [0.3, 0.4) is 0 Å². The molecule has 0 unspecified atom stereocenters. The molecule has 0 radical (unpaired) electrons. The van der Waals surface area contributed by atoms with Gasteiger partial charge < -0.3 is 15.7 Å². The molecule has 6 heteroatoms. The average molecular weight is 287 g/mol. The van der Waals surface area contributed by atoms with Gasteiger partial charge in [0.1, 0.15) is 6.67 Å². The van der Waals surface area contributed by atoms with Crippen LogP contribution in [-0.4, -0.2) is 60.5 Å². The van der Waals surface area contributed by atoms with Crippen LogP contribution in [0.1, 0.15) is 38.5 Å². The summed E-state index contributed by atoms with van der Waals surface area (Å²) in [7, 11) is 0. The SMILES string of the molecule is O=C(NCCF)NC1CCN([C@@H]2CCCC[C@@H]2O)CC1. The fourth-order valence-electron chi connectivity index (χ4n) is 3.29. The first-order chi connectivity index (χ1) is 9.70. The first-order valence-corrected chi connectivity index (χ1v) is 7.73. The first kappa shape index (κ1) is 15.5. The number of aliphatic hydroxyl groups excluding tert-OH is 1. The molecular weight excluding hydrogens is 261 g/mol. The zero-order valence-corrected chi connectivity index (χ0v) is 12.0. The standard InChI is InChI=1S/C14H26FN3O2/c15-7-8-16-14(20)17-11-5-9-18(10-6-11)12-3-1-2-4-13(12)19/h11-13,19H,1-10H2,(H2,16,17,20)/t12-,13+/m1/s1. The van der Waals surface area contributed by atoms with Gasteiger partial charge in [0.2, 0.25) is 0 Å². The highest BCUT2D eigenvalue weighted by Crippen LogP contribution is 2.25. The van der Waals surface area contributed by atoms with Gasteiger partial charge in [-0.1, -0.05) is 12.8 Å². The summed E-state index contributed by atoms with van der Waals surface area (Å²) < 4.78 is 12.0. The second-order valence-corrected chi connectivity index (χ2v) is 5.82. The second-order valence-electron chi connectivity index (χ2n) is 5.82. The van der Waals surface area contributed by atoms with E-state index in [1.54, 1.807) is 0 Å². The first-order valence-electron chi connectivity index (χ1n) is 7.73. The Balaban J connectivity index is 1.70. The van der Waals surface area contributed by atoms with Gasteiger partial charge in [0.15, 0.2) is 0 Å². The minimum absolute atomic E-state index is 0.0684. The van der Waals surface area contributed by atoms with E-state index in [4.69, 9.17) is 0 Å². The molecule has 1 saturated carbocycles. The number of likely N-dealkylation sites (tertiary alicyclic amines) is 1. The summed E-state index contributed by atoms with van der Waals surface area (Å²) in [4.78, 5) is 13.8. The molecule has 0 aromatic carbocycles. The maximum Gasteiger partial charge on any atom is 0.315 e. The monoisotopic (exact) mass is 287 g/mol. The summed E-state index contributed by atoms with van der Waals surface area (Å²) >= 11 is 0. The highest BCUT2D eigenvalue weighted by atomic mass is 19.1. The largest absolute Gasteiger partial charge is 0.391 e. The lowest BCUT2D eigenvalue weighted by atomic mass is 9.89. The molecule has 0 bridgehead atoms. The van der Waals surface area contributed by atoms with Crippen LogP contribution >= 0.6 is 0 Å². The quantitative estimate of drug-likeness (QED) is 0.723. The van der Waals surface area contributed by atoms with Gasteiger partial charge in [-0.3, -0.25) is 4.90 Å². The van der Waals surface area contributed by atoms with Crippen molar-refractivity contribution in [2.75, 3.05) is 26.3 Å². The molecule has 3 N–H and O–H groups in total. The molecule has 5 nitrogen and oxygen atoms in total. The number of piperidine rings is 1. The van der Waals surface area contributed by atoms with E-state index < -0.39 is 6.67 Å². The second kappa shape index (κ2) is 7.78. The number of rotatable bonds is 4. The molecule has 1 heterocycles. The number of nitrogens with one attached hydrogen (secondary N) is 2. The van der Waals surface area contributed by atoms with E-state index in [9.17, 15) is 14.3 Å². The molecule has 2 fully saturated rings. The van der Waals surface area contributed by atoms with Crippen LogP contribution in [0.5, 0.6) is 0 Å². The maximum absolute atomic E-state index is 12.0. The number of aliphatic hydroxyl groups is 1. The lowest BCUT2D eigenvalue weighted by Gasteiger charge is -2.41. The van der Waals surface area contributed by atoms with E-state index in [0.29, 0.717) is 6.04 Å². The molecule has 2 rings (SSSR count). The minimum Gasteiger partial charge on any atom is -0.391 e. The summed E-state index contributed by atoms with van der Waals surface area (Å²) in [6.07, 6.45) is 5.92. The molecule has 1 aliphatic heterocycles. The zero-order valence-electron chi connectivity index (χ0n) is 12.0. The van der Waals surface area contributed by atoms with Gasteiger partial charge in [0.05, 0.1) is 6.10 Å². The van der Waals surface area contributed by atoms with Crippen molar-refractivity contribution < 1.29 is 14.3 Å². The van der Waals surface area contributed by atoms with Crippen molar-refractivity contribution >= 4 is 6.03 Å². The van der Waals surface area contributed by atoms with Crippen LogP contribution in [0.2, 0.25) is 0 Å². The van der Waals surface area contributed by atoms with Gasteiger partial charge in [-0.15, -0.1) is 0 Å². The number of amides is 2. The zero-order chi connectivity index (χ0) is 14.4. The van der Waals surface area contributed by atoms with Gasteiger partial charge in [0.25, 0.3) is 0 Å². The Morgan fingerprint density at radius 1 is 1.20 bits per heavy atom. The molecule has 20 heavy (non-hydrogen) atoms. The number of nitrogens with zero attached hydrogens (tertiary/aromatic N) is 1. The topological polar surface area (TPSA) is 64.6 Å². The summed E-state index contributed by atoms with van der Waals surface area (Å²) in [6, 6.07) is 0.176. The Kier molecular flexibility index (Phi) is 6.04. The molecule has 0 aromatic rings. The number of carbonyl (C=O) groups is 1. The van der Waals surface area contributed by atoms with E-state index in [0.717, 1.165) is 45.2 Å².